The summed E-state index contributed by atoms with van der Waals surface area (Å²) < 4.78 is 3.46. The van der Waals surface area contributed by atoms with Gasteiger partial charge < -0.3 is 15.7 Å². The highest BCUT2D eigenvalue weighted by Crippen LogP contribution is 2.03. The third-order valence-corrected chi connectivity index (χ3v) is 2.04. The molecule has 1 heterocycles. The van der Waals surface area contributed by atoms with E-state index in [-0.39, 0.29) is 5.69 Å². The lowest BCUT2D eigenvalue weighted by Crippen LogP contribution is -2.41. The first-order valence-corrected chi connectivity index (χ1v) is 4.90. The van der Waals surface area contributed by atoms with E-state index in [1.165, 1.54) is 5.38 Å². The number of carboxylic acid groups (broad SMARTS) is 1. The number of carbonyl (C=O) groups is 3. The fraction of sp³-hybridized carbons (Fsp3) is 0.286. The Hall–Kier alpha value is -2.03. The van der Waals surface area contributed by atoms with Gasteiger partial charge in [0.25, 0.3) is 5.91 Å². The van der Waals surface area contributed by atoms with Crippen LogP contribution < -0.4 is 5.73 Å². The molecule has 0 aliphatic heterocycles. The zero-order valence-corrected chi connectivity index (χ0v) is 8.81. The molecule has 0 atom stereocenters. The van der Waals surface area contributed by atoms with Gasteiger partial charge in [0.1, 0.15) is 13.1 Å². The molecular weight excluding hydrogens is 236 g/mol. The van der Waals surface area contributed by atoms with Crippen LogP contribution in [0.2, 0.25) is 0 Å². The average Bonchev–Trinajstić information content (AvgIpc) is 2.66. The summed E-state index contributed by atoms with van der Waals surface area (Å²) >= 11 is 0.951. The molecule has 9 heteroatoms. The van der Waals surface area contributed by atoms with E-state index >= 15 is 0 Å². The van der Waals surface area contributed by atoms with E-state index in [1.807, 2.05) is 0 Å². The highest BCUT2D eigenvalue weighted by atomic mass is 32.1. The molecule has 86 valence electrons. The maximum absolute atomic E-state index is 11.6. The summed E-state index contributed by atoms with van der Waals surface area (Å²) in [5, 5.41) is 13.4. The van der Waals surface area contributed by atoms with Crippen molar-refractivity contribution < 1.29 is 19.5 Å². The van der Waals surface area contributed by atoms with E-state index < -0.39 is 30.9 Å². The van der Waals surface area contributed by atoms with E-state index in [0.717, 1.165) is 16.4 Å². The quantitative estimate of drug-likeness (QED) is 0.652. The lowest BCUT2D eigenvalue weighted by Gasteiger charge is -2.16. The van der Waals surface area contributed by atoms with Crippen LogP contribution in [0.4, 0.5) is 0 Å². The zero-order chi connectivity index (χ0) is 12.1. The van der Waals surface area contributed by atoms with Crippen LogP contribution in [0.25, 0.3) is 0 Å². The Morgan fingerprint density at radius 3 is 2.56 bits per heavy atom. The molecule has 16 heavy (non-hydrogen) atoms. The van der Waals surface area contributed by atoms with Crippen molar-refractivity contribution in [2.75, 3.05) is 13.1 Å². The van der Waals surface area contributed by atoms with Crippen molar-refractivity contribution in [2.24, 2.45) is 5.73 Å². The molecule has 8 nitrogen and oxygen atoms in total. The van der Waals surface area contributed by atoms with Crippen molar-refractivity contribution in [3.8, 4) is 0 Å². The van der Waals surface area contributed by atoms with Crippen LogP contribution in [0, 0.1) is 0 Å². The Balaban J connectivity index is 2.79. The summed E-state index contributed by atoms with van der Waals surface area (Å²) in [6, 6.07) is 0. The van der Waals surface area contributed by atoms with Crippen LogP contribution in [0.3, 0.4) is 0 Å². The number of rotatable bonds is 5. The largest absolute Gasteiger partial charge is 0.480 e. The maximum atomic E-state index is 11.6. The molecule has 0 fully saturated rings. The fourth-order valence-corrected chi connectivity index (χ4v) is 1.40. The summed E-state index contributed by atoms with van der Waals surface area (Å²) in [4.78, 5) is 33.6. The van der Waals surface area contributed by atoms with Crippen LogP contribution in [0.5, 0.6) is 0 Å². The summed E-state index contributed by atoms with van der Waals surface area (Å²) in [6.45, 7) is -1.08. The second-order valence-corrected chi connectivity index (χ2v) is 3.42. The van der Waals surface area contributed by atoms with Crippen molar-refractivity contribution in [2.45, 2.75) is 0 Å². The van der Waals surface area contributed by atoms with Gasteiger partial charge in [0.15, 0.2) is 5.69 Å². The predicted octanol–water partition coefficient (Wildman–Crippen LogP) is -1.45. The topological polar surface area (TPSA) is 126 Å². The lowest BCUT2D eigenvalue weighted by molar-refractivity contribution is -0.138. The second kappa shape index (κ2) is 5.16. The molecule has 0 aliphatic carbocycles. The van der Waals surface area contributed by atoms with Crippen LogP contribution in [-0.4, -0.2) is 50.5 Å². The summed E-state index contributed by atoms with van der Waals surface area (Å²) in [7, 11) is 0. The highest BCUT2D eigenvalue weighted by Gasteiger charge is 2.22. The minimum atomic E-state index is -1.24. The predicted molar refractivity (Wildman–Crippen MR) is 52.6 cm³/mol. The number of hydrogen-bond acceptors (Lipinski definition) is 6. The van der Waals surface area contributed by atoms with Gasteiger partial charge in [-0.15, -0.1) is 5.10 Å². The van der Waals surface area contributed by atoms with E-state index in [9.17, 15) is 14.4 Å². The van der Waals surface area contributed by atoms with Crippen LogP contribution in [-0.2, 0) is 9.59 Å². The monoisotopic (exact) mass is 244 g/mol. The van der Waals surface area contributed by atoms with Gasteiger partial charge in [-0.1, -0.05) is 4.49 Å². The smallest absolute Gasteiger partial charge is 0.323 e. The molecule has 0 bridgehead atoms. The molecule has 0 saturated carbocycles. The van der Waals surface area contributed by atoms with E-state index in [0.29, 0.717) is 0 Å². The molecule has 1 aromatic heterocycles. The first-order chi connectivity index (χ1) is 7.50. The summed E-state index contributed by atoms with van der Waals surface area (Å²) in [5.74, 6) is -2.72. The number of nitrogens with two attached hydrogens (primary N) is 1. The van der Waals surface area contributed by atoms with Crippen molar-refractivity contribution >= 4 is 29.3 Å². The molecule has 1 rings (SSSR count). The average molecular weight is 244 g/mol. The van der Waals surface area contributed by atoms with Gasteiger partial charge in [0.2, 0.25) is 5.91 Å². The number of carboxylic acids is 1. The lowest BCUT2D eigenvalue weighted by atomic mass is 10.3. The first kappa shape index (κ1) is 12.0. The van der Waals surface area contributed by atoms with Gasteiger partial charge in [-0.2, -0.15) is 0 Å². The van der Waals surface area contributed by atoms with Crippen molar-refractivity contribution in [3.05, 3.63) is 11.1 Å². The fourth-order valence-electron chi connectivity index (χ4n) is 0.971. The number of nitrogens with zero attached hydrogens (tertiary/aromatic N) is 3. The maximum Gasteiger partial charge on any atom is 0.323 e. The van der Waals surface area contributed by atoms with Crippen LogP contribution in [0.1, 0.15) is 10.5 Å². The van der Waals surface area contributed by atoms with Gasteiger partial charge in [-0.25, -0.2) is 0 Å². The van der Waals surface area contributed by atoms with Gasteiger partial charge in [-0.3, -0.25) is 14.4 Å². The van der Waals surface area contributed by atoms with Crippen molar-refractivity contribution in [3.63, 3.8) is 0 Å². The molecular formula is C7H8N4O4S. The molecule has 0 aliphatic rings. The minimum absolute atomic E-state index is 0.00694. The molecule has 0 unspecified atom stereocenters. The number of aromatic nitrogens is 2. The Kier molecular flexibility index (Phi) is 3.89. The first-order valence-electron chi connectivity index (χ1n) is 4.07. The molecule has 0 saturated heterocycles. The van der Waals surface area contributed by atoms with Crippen molar-refractivity contribution in [1.29, 1.82) is 0 Å². The minimum Gasteiger partial charge on any atom is -0.480 e. The number of aliphatic carboxylic acids is 1. The molecule has 2 amide bonds. The van der Waals surface area contributed by atoms with Crippen molar-refractivity contribution in [1.82, 2.24) is 14.5 Å². The zero-order valence-electron chi connectivity index (χ0n) is 7.99. The molecule has 1 aromatic rings. The Morgan fingerprint density at radius 2 is 2.12 bits per heavy atom. The Bertz CT molecular complexity index is 389. The number of carbonyl (C=O) groups excluding carboxylic acids is 2. The highest BCUT2D eigenvalue weighted by molar-refractivity contribution is 7.03. The third-order valence-electron chi connectivity index (χ3n) is 1.54. The van der Waals surface area contributed by atoms with Crippen LogP contribution in [0.15, 0.2) is 5.38 Å². The van der Waals surface area contributed by atoms with Gasteiger partial charge >= 0.3 is 5.97 Å². The van der Waals surface area contributed by atoms with E-state index in [2.05, 4.69) is 9.59 Å². The standard InChI is InChI=1S/C7H8N4O4S/c8-5(12)1-11(2-6(13)14)7(15)4-3-16-10-9-4/h3H,1-2H2,(H2,8,12)(H,13,14). The Labute approximate surface area is 93.8 Å². The molecule has 0 spiro atoms. The second-order valence-electron chi connectivity index (χ2n) is 2.81. The molecule has 3 N–H and O–H groups in total. The van der Waals surface area contributed by atoms with Crippen LogP contribution >= 0.6 is 11.5 Å². The van der Waals surface area contributed by atoms with E-state index in [1.54, 1.807) is 0 Å². The number of primary amides is 1. The Morgan fingerprint density at radius 1 is 1.44 bits per heavy atom. The third kappa shape index (κ3) is 3.28. The molecule has 0 aromatic carbocycles. The molecule has 0 radical (unpaired) electrons. The van der Waals surface area contributed by atoms with Gasteiger partial charge in [-0.05, 0) is 11.5 Å². The summed E-state index contributed by atoms with van der Waals surface area (Å²) in [5.41, 5.74) is 4.89. The normalized spacial score (nSPS) is 9.75. The number of amides is 2. The SMILES string of the molecule is NC(=O)CN(CC(=O)O)C(=O)c1csnn1. The summed E-state index contributed by atoms with van der Waals surface area (Å²) in [6.07, 6.45) is 0. The van der Waals surface area contributed by atoms with Gasteiger partial charge in [0, 0.05) is 5.38 Å². The number of hydrogen-bond donors (Lipinski definition) is 2. The van der Waals surface area contributed by atoms with E-state index in [4.69, 9.17) is 10.8 Å². The van der Waals surface area contributed by atoms with Gasteiger partial charge in [0.05, 0.1) is 0 Å².